The van der Waals surface area contributed by atoms with Crippen LogP contribution in [0.4, 0.5) is 0 Å². The van der Waals surface area contributed by atoms with E-state index < -0.39 is 0 Å². The summed E-state index contributed by atoms with van der Waals surface area (Å²) < 4.78 is 7.58. The average Bonchev–Trinajstić information content (AvgIpc) is 3.88. The number of pyridine rings is 1. The van der Waals surface area contributed by atoms with Gasteiger partial charge in [0, 0.05) is 56.7 Å². The van der Waals surface area contributed by atoms with Crippen molar-refractivity contribution in [3.05, 3.63) is 170 Å². The highest BCUT2D eigenvalue weighted by Gasteiger charge is 2.20. The first-order valence-electron chi connectivity index (χ1n) is 17.2. The van der Waals surface area contributed by atoms with E-state index in [0.29, 0.717) is 0 Å². The third-order valence-corrected chi connectivity index (χ3v) is 12.6. The Morgan fingerprint density at radius 1 is 0.392 bits per heavy atom. The Hall–Kier alpha value is -6.07. The van der Waals surface area contributed by atoms with Gasteiger partial charge in [-0.1, -0.05) is 127 Å². The minimum atomic E-state index is 0.914. The molecule has 238 valence electrons. The van der Waals surface area contributed by atoms with Crippen LogP contribution < -0.4 is 0 Å². The standard InChI is InChI=1S/C47H28N2S2/c1-2-12-29(13-3-1)30-14-10-15-31(26-30)32-27-39(37-20-11-19-35-33-16-5-8-22-42(33)50-46(35)37)48-44(28-32)49-40-21-7-4-18-38(40)45-41(49)25-24-36-34-17-6-9-23-43(34)51-47(36)45/h1-28H. The van der Waals surface area contributed by atoms with Crippen molar-refractivity contribution < 1.29 is 0 Å². The van der Waals surface area contributed by atoms with Crippen LogP contribution >= 0.6 is 22.7 Å². The van der Waals surface area contributed by atoms with Crippen molar-refractivity contribution in [2.75, 3.05) is 0 Å². The Morgan fingerprint density at radius 3 is 1.80 bits per heavy atom. The maximum absolute atomic E-state index is 5.57. The van der Waals surface area contributed by atoms with Crippen LogP contribution in [0.15, 0.2) is 170 Å². The molecule has 4 heteroatoms. The van der Waals surface area contributed by atoms with Gasteiger partial charge in [0.2, 0.25) is 0 Å². The molecule has 0 atom stereocenters. The molecule has 7 aromatic carbocycles. The van der Waals surface area contributed by atoms with Crippen LogP contribution in [0.25, 0.3) is 101 Å². The Kier molecular flexibility index (Phi) is 6.32. The molecular formula is C47H28N2S2. The summed E-state index contributed by atoms with van der Waals surface area (Å²) in [6.45, 7) is 0. The van der Waals surface area contributed by atoms with E-state index in [0.717, 1.165) is 33.7 Å². The molecule has 4 aromatic heterocycles. The molecule has 0 aliphatic carbocycles. The molecule has 11 rings (SSSR count). The number of fused-ring (bicyclic) bond motifs is 10. The Labute approximate surface area is 302 Å². The van der Waals surface area contributed by atoms with Gasteiger partial charge in [0.25, 0.3) is 0 Å². The van der Waals surface area contributed by atoms with Crippen LogP contribution in [0.5, 0.6) is 0 Å². The van der Waals surface area contributed by atoms with Gasteiger partial charge in [0.05, 0.1) is 16.7 Å². The molecule has 0 bridgehead atoms. The fourth-order valence-electron chi connectivity index (χ4n) is 7.87. The second kappa shape index (κ2) is 11.2. The Bertz CT molecular complexity index is 3140. The molecule has 0 radical (unpaired) electrons. The summed E-state index contributed by atoms with van der Waals surface area (Å²) in [4.78, 5) is 5.57. The van der Waals surface area contributed by atoms with Crippen molar-refractivity contribution in [2.24, 2.45) is 0 Å². The number of nitrogens with zero attached hydrogens (tertiary/aromatic N) is 2. The van der Waals surface area contributed by atoms with E-state index in [1.807, 2.05) is 22.7 Å². The highest BCUT2D eigenvalue weighted by molar-refractivity contribution is 7.27. The first kappa shape index (κ1) is 28.7. The lowest BCUT2D eigenvalue weighted by Gasteiger charge is -2.14. The fraction of sp³-hybridized carbons (Fsp3) is 0. The van der Waals surface area contributed by atoms with Gasteiger partial charge in [0.15, 0.2) is 0 Å². The second-order valence-electron chi connectivity index (χ2n) is 13.1. The molecule has 0 unspecified atom stereocenters. The van der Waals surface area contributed by atoms with Crippen molar-refractivity contribution in [2.45, 2.75) is 0 Å². The maximum Gasteiger partial charge on any atom is 0.138 e. The molecule has 0 saturated carbocycles. The SMILES string of the molecule is c1ccc(-c2cccc(-c3cc(-c4cccc5c4sc4ccccc45)nc(-n4c5ccccc5c5c6sc7ccccc7c6ccc54)c3)c2)cc1. The van der Waals surface area contributed by atoms with Gasteiger partial charge in [-0.25, -0.2) is 4.98 Å². The van der Waals surface area contributed by atoms with Gasteiger partial charge in [0.1, 0.15) is 5.82 Å². The van der Waals surface area contributed by atoms with Gasteiger partial charge in [-0.15, -0.1) is 22.7 Å². The zero-order valence-corrected chi connectivity index (χ0v) is 29.0. The summed E-state index contributed by atoms with van der Waals surface area (Å²) in [7, 11) is 0. The van der Waals surface area contributed by atoms with Crippen LogP contribution in [-0.2, 0) is 0 Å². The number of thiophene rings is 2. The van der Waals surface area contributed by atoms with Crippen LogP contribution in [0.2, 0.25) is 0 Å². The van der Waals surface area contributed by atoms with Crippen molar-refractivity contribution in [3.63, 3.8) is 0 Å². The number of hydrogen-bond donors (Lipinski definition) is 0. The van der Waals surface area contributed by atoms with Gasteiger partial charge in [-0.3, -0.25) is 4.57 Å². The minimum absolute atomic E-state index is 0.914. The lowest BCUT2D eigenvalue weighted by Crippen LogP contribution is -2.00. The average molecular weight is 685 g/mol. The topological polar surface area (TPSA) is 17.8 Å². The summed E-state index contributed by atoms with van der Waals surface area (Å²) in [5, 5.41) is 7.72. The van der Waals surface area contributed by atoms with E-state index in [-0.39, 0.29) is 0 Å². The zero-order chi connectivity index (χ0) is 33.5. The number of para-hydroxylation sites is 1. The van der Waals surface area contributed by atoms with Crippen LogP contribution in [-0.4, -0.2) is 9.55 Å². The molecule has 0 fully saturated rings. The Morgan fingerprint density at radius 2 is 1.00 bits per heavy atom. The largest absolute Gasteiger partial charge is 0.294 e. The highest BCUT2D eigenvalue weighted by atomic mass is 32.1. The molecule has 2 nitrogen and oxygen atoms in total. The van der Waals surface area contributed by atoms with E-state index in [4.69, 9.17) is 4.98 Å². The summed E-state index contributed by atoms with van der Waals surface area (Å²) >= 11 is 3.74. The first-order chi connectivity index (χ1) is 25.3. The smallest absolute Gasteiger partial charge is 0.138 e. The monoisotopic (exact) mass is 684 g/mol. The first-order valence-corrected chi connectivity index (χ1v) is 18.8. The van der Waals surface area contributed by atoms with Crippen LogP contribution in [0, 0.1) is 0 Å². The number of hydrogen-bond acceptors (Lipinski definition) is 3. The molecule has 0 aliphatic heterocycles. The predicted molar refractivity (Wildman–Crippen MR) is 221 cm³/mol. The molecular weight excluding hydrogens is 657 g/mol. The lowest BCUT2D eigenvalue weighted by molar-refractivity contribution is 1.09. The quantitative estimate of drug-likeness (QED) is 0.180. The summed E-state index contributed by atoms with van der Waals surface area (Å²) in [6.07, 6.45) is 0. The van der Waals surface area contributed by atoms with Gasteiger partial charge in [-0.05, 0) is 64.7 Å². The molecule has 11 aromatic rings. The third-order valence-electron chi connectivity index (χ3n) is 10.2. The molecule has 0 amide bonds. The van der Waals surface area contributed by atoms with Crippen molar-refractivity contribution in [1.82, 2.24) is 9.55 Å². The number of rotatable bonds is 4. The second-order valence-corrected chi connectivity index (χ2v) is 15.2. The highest BCUT2D eigenvalue weighted by Crippen LogP contribution is 2.45. The third kappa shape index (κ3) is 4.44. The molecule has 0 saturated heterocycles. The van der Waals surface area contributed by atoms with E-state index in [9.17, 15) is 0 Å². The summed E-state index contributed by atoms with van der Waals surface area (Å²) in [6, 6.07) is 61.6. The van der Waals surface area contributed by atoms with Gasteiger partial charge < -0.3 is 0 Å². The van der Waals surface area contributed by atoms with E-state index >= 15 is 0 Å². The van der Waals surface area contributed by atoms with E-state index in [1.54, 1.807) is 0 Å². The van der Waals surface area contributed by atoms with Gasteiger partial charge in [-0.2, -0.15) is 0 Å². The predicted octanol–water partition coefficient (Wildman–Crippen LogP) is 13.9. The van der Waals surface area contributed by atoms with Crippen LogP contribution in [0.1, 0.15) is 0 Å². The number of benzene rings is 7. The summed E-state index contributed by atoms with van der Waals surface area (Å²) in [5.41, 5.74) is 9.16. The molecule has 0 spiro atoms. The lowest BCUT2D eigenvalue weighted by atomic mass is 9.98. The maximum atomic E-state index is 5.57. The number of aromatic nitrogens is 2. The van der Waals surface area contributed by atoms with Crippen molar-refractivity contribution in [1.29, 1.82) is 0 Å². The fourth-order valence-corrected chi connectivity index (χ4v) is 10.4. The van der Waals surface area contributed by atoms with Crippen LogP contribution in [0.3, 0.4) is 0 Å². The zero-order valence-electron chi connectivity index (χ0n) is 27.4. The normalized spacial score (nSPS) is 11.9. The van der Waals surface area contributed by atoms with Crippen molar-refractivity contribution >= 4 is 84.8 Å². The van der Waals surface area contributed by atoms with E-state index in [1.165, 1.54) is 67.8 Å². The van der Waals surface area contributed by atoms with Gasteiger partial charge >= 0.3 is 0 Å². The minimum Gasteiger partial charge on any atom is -0.294 e. The molecule has 51 heavy (non-hydrogen) atoms. The summed E-state index contributed by atoms with van der Waals surface area (Å²) in [5.74, 6) is 0.914. The van der Waals surface area contributed by atoms with E-state index in [2.05, 4.69) is 174 Å². The molecule has 0 N–H and O–H groups in total. The molecule has 4 heterocycles. The molecule has 0 aliphatic rings. The van der Waals surface area contributed by atoms with Crippen molar-refractivity contribution in [3.8, 4) is 39.3 Å². The Balaban J connectivity index is 1.22.